The zero-order valence-electron chi connectivity index (χ0n) is 13.4. The van der Waals surface area contributed by atoms with Crippen LogP contribution >= 0.6 is 0 Å². The molecule has 0 spiro atoms. The first kappa shape index (κ1) is 17.6. The average molecular weight is 292 g/mol. The van der Waals surface area contributed by atoms with Gasteiger partial charge in [0, 0.05) is 17.8 Å². The number of pyridine rings is 1. The zero-order valence-corrected chi connectivity index (χ0v) is 13.4. The van der Waals surface area contributed by atoms with Crippen molar-refractivity contribution in [2.45, 2.75) is 59.0 Å². The molecule has 0 saturated carbocycles. The van der Waals surface area contributed by atoms with Gasteiger partial charge in [-0.05, 0) is 37.3 Å². The van der Waals surface area contributed by atoms with Gasteiger partial charge in [-0.2, -0.15) is 0 Å². The summed E-state index contributed by atoms with van der Waals surface area (Å²) in [5, 5.41) is 17.8. The Balaban J connectivity index is 2.85. The smallest absolute Gasteiger partial charge is 0.187 e. The van der Waals surface area contributed by atoms with Gasteiger partial charge < -0.3 is 9.84 Å². The summed E-state index contributed by atoms with van der Waals surface area (Å²) in [6, 6.07) is 3.96. The van der Waals surface area contributed by atoms with Crippen LogP contribution in [0.25, 0.3) is 0 Å². The van der Waals surface area contributed by atoms with E-state index in [2.05, 4.69) is 25.8 Å². The van der Waals surface area contributed by atoms with Crippen molar-refractivity contribution in [3.05, 3.63) is 30.1 Å². The first-order valence-electron chi connectivity index (χ1n) is 7.87. The van der Waals surface area contributed by atoms with E-state index in [0.29, 0.717) is 5.90 Å². The molecule has 0 fully saturated rings. The highest BCUT2D eigenvalue weighted by Crippen LogP contribution is 2.33. The number of ether oxygens (including phenoxy) is 1. The third kappa shape index (κ3) is 4.81. The molecule has 0 aromatic carbocycles. The highest BCUT2D eigenvalue weighted by Gasteiger charge is 2.34. The van der Waals surface area contributed by atoms with E-state index in [1.165, 1.54) is 0 Å². The molecule has 0 aliphatic carbocycles. The summed E-state index contributed by atoms with van der Waals surface area (Å²) in [6.45, 7) is 6.20. The summed E-state index contributed by atoms with van der Waals surface area (Å²) >= 11 is 0. The SMILES string of the molecule is CCCC(CO)OC(=N)C(CC)(CC)Cc1cccnc1. The predicted octanol–water partition coefficient (Wildman–Crippen LogP) is 3.59. The predicted molar refractivity (Wildman–Crippen MR) is 85.5 cm³/mol. The first-order valence-corrected chi connectivity index (χ1v) is 7.87. The second kappa shape index (κ2) is 8.78. The van der Waals surface area contributed by atoms with Gasteiger partial charge in [0.15, 0.2) is 5.90 Å². The first-order chi connectivity index (χ1) is 10.1. The third-order valence-electron chi connectivity index (χ3n) is 4.20. The van der Waals surface area contributed by atoms with Crippen LogP contribution in [0.15, 0.2) is 24.5 Å². The van der Waals surface area contributed by atoms with E-state index < -0.39 is 0 Å². The lowest BCUT2D eigenvalue weighted by molar-refractivity contribution is 0.0783. The van der Waals surface area contributed by atoms with Crippen molar-refractivity contribution in [1.29, 1.82) is 5.41 Å². The maximum Gasteiger partial charge on any atom is 0.187 e. The lowest BCUT2D eigenvalue weighted by Crippen LogP contribution is -2.37. The molecule has 21 heavy (non-hydrogen) atoms. The molecule has 4 heteroatoms. The van der Waals surface area contributed by atoms with Crippen molar-refractivity contribution in [3.63, 3.8) is 0 Å². The van der Waals surface area contributed by atoms with Gasteiger partial charge in [0.05, 0.1) is 6.61 Å². The Morgan fingerprint density at radius 1 is 1.38 bits per heavy atom. The molecule has 0 aliphatic rings. The van der Waals surface area contributed by atoms with Crippen LogP contribution in [0.4, 0.5) is 0 Å². The van der Waals surface area contributed by atoms with Crippen LogP contribution in [0.5, 0.6) is 0 Å². The molecular weight excluding hydrogens is 264 g/mol. The molecule has 0 amide bonds. The molecule has 0 bridgehead atoms. The number of aliphatic hydroxyl groups excluding tert-OH is 1. The van der Waals surface area contributed by atoms with Gasteiger partial charge in [0.2, 0.25) is 0 Å². The van der Waals surface area contributed by atoms with Crippen LogP contribution in [0.2, 0.25) is 0 Å². The van der Waals surface area contributed by atoms with Crippen molar-refractivity contribution in [1.82, 2.24) is 4.98 Å². The molecule has 118 valence electrons. The van der Waals surface area contributed by atoms with E-state index in [4.69, 9.17) is 10.1 Å². The van der Waals surface area contributed by atoms with Crippen LogP contribution in [-0.2, 0) is 11.2 Å². The summed E-state index contributed by atoms with van der Waals surface area (Å²) in [6.07, 6.45) is 7.47. The minimum atomic E-state index is -0.315. The molecule has 1 rings (SSSR count). The third-order valence-corrected chi connectivity index (χ3v) is 4.20. The van der Waals surface area contributed by atoms with Crippen molar-refractivity contribution >= 4 is 5.90 Å². The van der Waals surface area contributed by atoms with Gasteiger partial charge in [-0.25, -0.2) is 0 Å². The normalized spacial score (nSPS) is 13.0. The Morgan fingerprint density at radius 2 is 2.10 bits per heavy atom. The number of rotatable bonds is 9. The van der Waals surface area contributed by atoms with E-state index in [9.17, 15) is 5.11 Å². The lowest BCUT2D eigenvalue weighted by atomic mass is 9.77. The number of nitrogens with one attached hydrogen (secondary N) is 1. The Morgan fingerprint density at radius 3 is 2.57 bits per heavy atom. The van der Waals surface area contributed by atoms with E-state index in [-0.39, 0.29) is 18.1 Å². The summed E-state index contributed by atoms with van der Waals surface area (Å²) in [7, 11) is 0. The fourth-order valence-electron chi connectivity index (χ4n) is 2.60. The Hall–Kier alpha value is -1.42. The number of aromatic nitrogens is 1. The molecule has 2 N–H and O–H groups in total. The van der Waals surface area contributed by atoms with Gasteiger partial charge in [-0.15, -0.1) is 0 Å². The van der Waals surface area contributed by atoms with Gasteiger partial charge in [-0.1, -0.05) is 33.3 Å². The fourth-order valence-corrected chi connectivity index (χ4v) is 2.60. The summed E-state index contributed by atoms with van der Waals surface area (Å²) in [5.41, 5.74) is 0.801. The minimum absolute atomic E-state index is 0.0351. The largest absolute Gasteiger partial charge is 0.475 e. The maximum atomic E-state index is 9.38. The molecule has 4 nitrogen and oxygen atoms in total. The summed E-state index contributed by atoms with van der Waals surface area (Å²) < 4.78 is 5.77. The molecule has 0 aliphatic heterocycles. The van der Waals surface area contributed by atoms with Gasteiger partial charge in [0.1, 0.15) is 6.10 Å². The van der Waals surface area contributed by atoms with Crippen molar-refractivity contribution in [3.8, 4) is 0 Å². The quantitative estimate of drug-likeness (QED) is 0.540. The second-order valence-corrected chi connectivity index (χ2v) is 5.57. The number of hydrogen-bond donors (Lipinski definition) is 2. The number of aliphatic hydroxyl groups is 1. The Labute approximate surface area is 128 Å². The Bertz CT molecular complexity index is 416. The van der Waals surface area contributed by atoms with Crippen LogP contribution < -0.4 is 0 Å². The highest BCUT2D eigenvalue weighted by atomic mass is 16.5. The average Bonchev–Trinajstić information content (AvgIpc) is 2.53. The molecule has 1 unspecified atom stereocenters. The monoisotopic (exact) mass is 292 g/mol. The van der Waals surface area contributed by atoms with Crippen molar-refractivity contribution in [2.75, 3.05) is 6.61 Å². The second-order valence-electron chi connectivity index (χ2n) is 5.57. The van der Waals surface area contributed by atoms with Gasteiger partial charge >= 0.3 is 0 Å². The molecule has 1 aromatic heterocycles. The fraction of sp³-hybridized carbons (Fsp3) is 0.647. The topological polar surface area (TPSA) is 66.2 Å². The van der Waals surface area contributed by atoms with Crippen molar-refractivity contribution < 1.29 is 9.84 Å². The van der Waals surface area contributed by atoms with Gasteiger partial charge in [0.25, 0.3) is 0 Å². The van der Waals surface area contributed by atoms with E-state index in [0.717, 1.165) is 37.7 Å². The molecule has 1 aromatic rings. The minimum Gasteiger partial charge on any atom is -0.475 e. The Kier molecular flexibility index (Phi) is 7.37. The zero-order chi connectivity index (χ0) is 15.7. The van der Waals surface area contributed by atoms with Crippen LogP contribution in [0.1, 0.15) is 52.0 Å². The molecule has 0 radical (unpaired) electrons. The molecule has 0 saturated heterocycles. The van der Waals surface area contributed by atoms with E-state index in [1.807, 2.05) is 18.3 Å². The number of nitrogens with zero attached hydrogens (tertiary/aromatic N) is 1. The standard InChI is InChI=1S/C17H28N2O2/c1-4-8-15(13-20)21-16(18)17(5-2,6-3)11-14-9-7-10-19-12-14/h7,9-10,12,15,18,20H,4-6,8,11,13H2,1-3H3. The number of hydrogen-bond acceptors (Lipinski definition) is 4. The lowest BCUT2D eigenvalue weighted by Gasteiger charge is -2.33. The molecule has 1 atom stereocenters. The molecule has 1 heterocycles. The van der Waals surface area contributed by atoms with Gasteiger partial charge in [-0.3, -0.25) is 10.4 Å². The van der Waals surface area contributed by atoms with Crippen molar-refractivity contribution in [2.24, 2.45) is 5.41 Å². The van der Waals surface area contributed by atoms with E-state index in [1.54, 1.807) is 6.20 Å². The highest BCUT2D eigenvalue weighted by molar-refractivity contribution is 5.80. The molecular formula is C17H28N2O2. The summed E-state index contributed by atoms with van der Waals surface area (Å²) in [4.78, 5) is 4.15. The van der Waals surface area contributed by atoms with Crippen LogP contribution in [0, 0.1) is 10.8 Å². The van der Waals surface area contributed by atoms with E-state index >= 15 is 0 Å². The maximum absolute atomic E-state index is 9.38. The van der Waals surface area contributed by atoms with Crippen LogP contribution in [0.3, 0.4) is 0 Å². The van der Waals surface area contributed by atoms with Crippen LogP contribution in [-0.4, -0.2) is 28.7 Å². The summed E-state index contributed by atoms with van der Waals surface area (Å²) in [5.74, 6) is 0.295.